The molecule has 0 bridgehead atoms. The summed E-state index contributed by atoms with van der Waals surface area (Å²) in [5.41, 5.74) is -0.180. The van der Waals surface area contributed by atoms with E-state index < -0.39 is 26.7 Å². The SMILES string of the molecule is COc1ccc(C(=O)N(C)[C@H]2CCS(=O)(=O)C2)cc1[N+](=O)[O-]. The number of ether oxygens (including phenoxy) is 1. The van der Waals surface area contributed by atoms with Crippen LogP contribution in [0, 0.1) is 10.1 Å². The van der Waals surface area contributed by atoms with E-state index in [2.05, 4.69) is 0 Å². The van der Waals surface area contributed by atoms with Gasteiger partial charge in [0.25, 0.3) is 5.91 Å². The topological polar surface area (TPSA) is 107 Å². The molecule has 0 spiro atoms. The molecule has 1 aromatic rings. The van der Waals surface area contributed by atoms with Crippen molar-refractivity contribution in [2.45, 2.75) is 12.5 Å². The summed E-state index contributed by atoms with van der Waals surface area (Å²) in [6, 6.07) is 3.51. The molecule has 0 aromatic heterocycles. The summed E-state index contributed by atoms with van der Waals surface area (Å²) in [5, 5.41) is 11.0. The molecule has 1 aliphatic heterocycles. The van der Waals surface area contributed by atoms with Crippen molar-refractivity contribution in [3.8, 4) is 5.75 Å². The third kappa shape index (κ3) is 3.19. The molecule has 2 rings (SSSR count). The van der Waals surface area contributed by atoms with E-state index in [0.717, 1.165) is 6.07 Å². The summed E-state index contributed by atoms with van der Waals surface area (Å²) in [5.74, 6) is -0.411. The fraction of sp³-hybridized carbons (Fsp3) is 0.462. The first-order chi connectivity index (χ1) is 10.2. The Bertz CT molecular complexity index is 715. The molecule has 8 nitrogen and oxygen atoms in total. The Morgan fingerprint density at radius 1 is 1.45 bits per heavy atom. The number of hydrogen-bond acceptors (Lipinski definition) is 6. The maximum atomic E-state index is 12.4. The molecule has 9 heteroatoms. The third-order valence-electron chi connectivity index (χ3n) is 3.70. The fourth-order valence-corrected chi connectivity index (χ4v) is 4.19. The molecular formula is C13H16N2O6S. The Morgan fingerprint density at radius 3 is 2.64 bits per heavy atom. The van der Waals surface area contributed by atoms with Crippen LogP contribution in [0.25, 0.3) is 0 Å². The predicted molar refractivity (Wildman–Crippen MR) is 78.8 cm³/mol. The molecular weight excluding hydrogens is 312 g/mol. The summed E-state index contributed by atoms with van der Waals surface area (Å²) >= 11 is 0. The minimum absolute atomic E-state index is 0.0536. The molecule has 1 atom stereocenters. The highest BCUT2D eigenvalue weighted by molar-refractivity contribution is 7.91. The summed E-state index contributed by atoms with van der Waals surface area (Å²) in [6.07, 6.45) is 0.378. The second kappa shape index (κ2) is 5.91. The minimum atomic E-state index is -3.11. The fourth-order valence-electron chi connectivity index (χ4n) is 2.42. The smallest absolute Gasteiger partial charge is 0.311 e. The van der Waals surface area contributed by atoms with Crippen molar-refractivity contribution in [3.63, 3.8) is 0 Å². The van der Waals surface area contributed by atoms with Crippen LogP contribution < -0.4 is 4.74 Å². The summed E-state index contributed by atoms with van der Waals surface area (Å²) in [4.78, 5) is 24.1. The number of nitrogens with zero attached hydrogens (tertiary/aromatic N) is 2. The number of carbonyl (C=O) groups excluding carboxylic acids is 1. The number of hydrogen-bond donors (Lipinski definition) is 0. The summed E-state index contributed by atoms with van der Waals surface area (Å²) < 4.78 is 27.9. The highest BCUT2D eigenvalue weighted by atomic mass is 32.2. The van der Waals surface area contributed by atoms with Crippen LogP contribution in [0.1, 0.15) is 16.8 Å². The van der Waals surface area contributed by atoms with Crippen molar-refractivity contribution in [1.29, 1.82) is 0 Å². The maximum Gasteiger partial charge on any atom is 0.311 e. The highest BCUT2D eigenvalue weighted by Crippen LogP contribution is 2.28. The van der Waals surface area contributed by atoms with E-state index in [1.807, 2.05) is 0 Å². The molecule has 1 saturated heterocycles. The van der Waals surface area contributed by atoms with E-state index in [1.54, 1.807) is 0 Å². The van der Waals surface area contributed by atoms with Crippen molar-refractivity contribution in [2.75, 3.05) is 25.7 Å². The lowest BCUT2D eigenvalue weighted by Gasteiger charge is -2.23. The number of nitro groups is 1. The lowest BCUT2D eigenvalue weighted by atomic mass is 10.1. The van der Waals surface area contributed by atoms with Gasteiger partial charge < -0.3 is 9.64 Å². The first-order valence-corrected chi connectivity index (χ1v) is 8.37. The van der Waals surface area contributed by atoms with Gasteiger partial charge in [-0.2, -0.15) is 0 Å². The van der Waals surface area contributed by atoms with Gasteiger partial charge in [0.05, 0.1) is 23.5 Å². The van der Waals surface area contributed by atoms with Crippen LogP contribution in [0.2, 0.25) is 0 Å². The zero-order valence-corrected chi connectivity index (χ0v) is 13.0. The van der Waals surface area contributed by atoms with E-state index in [-0.39, 0.29) is 28.5 Å². The number of nitro benzene ring substituents is 1. The minimum Gasteiger partial charge on any atom is -0.490 e. The van der Waals surface area contributed by atoms with Gasteiger partial charge in [-0.1, -0.05) is 0 Å². The largest absolute Gasteiger partial charge is 0.490 e. The Hall–Kier alpha value is -2.16. The zero-order chi connectivity index (χ0) is 16.5. The standard InChI is InChI=1S/C13H16N2O6S/c1-14(10-5-6-22(19,20)8-10)13(16)9-3-4-12(21-2)11(7-9)15(17)18/h3-4,7,10H,5-6,8H2,1-2H3/t10-/m0/s1. The molecule has 1 aliphatic rings. The molecule has 0 aliphatic carbocycles. The predicted octanol–water partition coefficient (Wildman–Crippen LogP) is 0.862. The molecule has 0 unspecified atom stereocenters. The Balaban J connectivity index is 2.26. The maximum absolute atomic E-state index is 12.4. The average molecular weight is 328 g/mol. The van der Waals surface area contributed by atoms with Gasteiger partial charge in [-0.05, 0) is 18.6 Å². The molecule has 22 heavy (non-hydrogen) atoms. The van der Waals surface area contributed by atoms with Gasteiger partial charge in [-0.3, -0.25) is 14.9 Å². The highest BCUT2D eigenvalue weighted by Gasteiger charge is 2.33. The van der Waals surface area contributed by atoms with Gasteiger partial charge in [0.15, 0.2) is 15.6 Å². The van der Waals surface area contributed by atoms with E-state index in [0.29, 0.717) is 6.42 Å². The van der Waals surface area contributed by atoms with Crippen LogP contribution in [0.3, 0.4) is 0 Å². The number of benzene rings is 1. The zero-order valence-electron chi connectivity index (χ0n) is 12.2. The number of sulfone groups is 1. The van der Waals surface area contributed by atoms with Crippen LogP contribution in [0.15, 0.2) is 18.2 Å². The molecule has 1 fully saturated rings. The summed E-state index contributed by atoms with van der Waals surface area (Å²) in [7, 11) is -0.302. The first-order valence-electron chi connectivity index (χ1n) is 6.55. The van der Waals surface area contributed by atoms with E-state index in [1.165, 1.54) is 31.2 Å². The van der Waals surface area contributed by atoms with Crippen LogP contribution in [0.5, 0.6) is 5.75 Å². The molecule has 1 heterocycles. The number of carbonyl (C=O) groups is 1. The van der Waals surface area contributed by atoms with Gasteiger partial charge >= 0.3 is 5.69 Å². The van der Waals surface area contributed by atoms with E-state index >= 15 is 0 Å². The van der Waals surface area contributed by atoms with Gasteiger partial charge in [-0.15, -0.1) is 0 Å². The van der Waals surface area contributed by atoms with Crippen molar-refractivity contribution in [3.05, 3.63) is 33.9 Å². The quantitative estimate of drug-likeness (QED) is 0.599. The molecule has 0 N–H and O–H groups in total. The first kappa shape index (κ1) is 16.2. The lowest BCUT2D eigenvalue weighted by Crippen LogP contribution is -2.37. The Kier molecular flexibility index (Phi) is 4.36. The normalized spacial score (nSPS) is 19.6. The van der Waals surface area contributed by atoms with E-state index in [9.17, 15) is 23.3 Å². The van der Waals surface area contributed by atoms with E-state index in [4.69, 9.17) is 4.74 Å². The average Bonchev–Trinajstić information content (AvgIpc) is 2.85. The Morgan fingerprint density at radius 2 is 2.14 bits per heavy atom. The van der Waals surface area contributed by atoms with Crippen molar-refractivity contribution >= 4 is 21.4 Å². The summed E-state index contributed by atoms with van der Waals surface area (Å²) in [6.45, 7) is 0. The van der Waals surface area contributed by atoms with Gasteiger partial charge in [-0.25, -0.2) is 8.42 Å². The number of rotatable bonds is 4. The molecule has 0 saturated carbocycles. The lowest BCUT2D eigenvalue weighted by molar-refractivity contribution is -0.385. The van der Waals surface area contributed by atoms with Crippen LogP contribution in [0.4, 0.5) is 5.69 Å². The van der Waals surface area contributed by atoms with Crippen LogP contribution in [-0.4, -0.2) is 55.9 Å². The monoisotopic (exact) mass is 328 g/mol. The second-order valence-corrected chi connectivity index (χ2v) is 7.35. The number of amides is 1. The van der Waals surface area contributed by atoms with Crippen molar-refractivity contribution < 1.29 is 22.9 Å². The molecule has 1 aromatic carbocycles. The Labute approximate surface area is 127 Å². The van der Waals surface area contributed by atoms with Gasteiger partial charge in [0, 0.05) is 24.7 Å². The molecule has 120 valence electrons. The van der Waals surface area contributed by atoms with Gasteiger partial charge in [0.1, 0.15) is 0 Å². The molecule has 0 radical (unpaired) electrons. The van der Waals surface area contributed by atoms with Crippen molar-refractivity contribution in [2.24, 2.45) is 0 Å². The number of methoxy groups -OCH3 is 1. The molecule has 1 amide bonds. The van der Waals surface area contributed by atoms with Crippen LogP contribution >= 0.6 is 0 Å². The van der Waals surface area contributed by atoms with Crippen LogP contribution in [-0.2, 0) is 9.84 Å². The van der Waals surface area contributed by atoms with Gasteiger partial charge in [0.2, 0.25) is 0 Å². The second-order valence-electron chi connectivity index (χ2n) is 5.12. The van der Waals surface area contributed by atoms with Crippen molar-refractivity contribution in [1.82, 2.24) is 4.90 Å². The third-order valence-corrected chi connectivity index (χ3v) is 5.45.